The monoisotopic (exact) mass is 334 g/mol. The van der Waals surface area contributed by atoms with Crippen molar-refractivity contribution in [3.05, 3.63) is 0 Å². The number of unbranched alkanes of at least 4 members (excludes halogenated alkanes) is 1. The van der Waals surface area contributed by atoms with E-state index in [2.05, 4.69) is 0 Å². The maximum atomic E-state index is 12.4. The Morgan fingerprint density at radius 3 is 1.52 bits per heavy atom. The van der Waals surface area contributed by atoms with Gasteiger partial charge in [-0.15, -0.1) is 0 Å². The van der Waals surface area contributed by atoms with Crippen molar-refractivity contribution >= 4 is 6.03 Å². The molecule has 0 aliphatic carbocycles. The lowest BCUT2D eigenvalue weighted by Crippen LogP contribution is -2.76. The van der Waals surface area contributed by atoms with Crippen LogP contribution in [0.5, 0.6) is 0 Å². The third-order valence-corrected chi connectivity index (χ3v) is 2.39. The Labute approximate surface area is 112 Å². The number of hydrogen-bond donors (Lipinski definition) is 2. The van der Waals surface area contributed by atoms with Crippen LogP contribution in [0.3, 0.4) is 0 Å². The van der Waals surface area contributed by atoms with Gasteiger partial charge >= 0.3 is 30.1 Å². The second-order valence-electron chi connectivity index (χ2n) is 3.98. The highest BCUT2D eigenvalue weighted by atomic mass is 19.4. The molecule has 2 N–H and O–H groups in total. The van der Waals surface area contributed by atoms with Crippen LogP contribution < -0.4 is 10.6 Å². The Kier molecular flexibility index (Phi) is 5.78. The molecule has 12 heteroatoms. The molecule has 0 aliphatic rings. The fourth-order valence-electron chi connectivity index (χ4n) is 1.29. The first-order chi connectivity index (χ1) is 9.20. The van der Waals surface area contributed by atoms with Crippen LogP contribution in [0, 0.1) is 0 Å². The molecule has 0 radical (unpaired) electrons. The number of halogens is 9. The maximum Gasteiger partial charge on any atom is 0.429 e. The predicted molar refractivity (Wildman–Crippen MR) is 52.3 cm³/mol. The molecule has 0 fully saturated rings. The van der Waals surface area contributed by atoms with Crippen molar-refractivity contribution in [1.82, 2.24) is 10.6 Å². The fraction of sp³-hybridized carbons (Fsp3) is 0.889. The summed E-state index contributed by atoms with van der Waals surface area (Å²) >= 11 is 0. The first-order valence-corrected chi connectivity index (χ1v) is 5.47. The summed E-state index contributed by atoms with van der Waals surface area (Å²) in [4.78, 5) is 11.0. The van der Waals surface area contributed by atoms with E-state index < -0.39 is 30.1 Å². The summed E-state index contributed by atoms with van der Waals surface area (Å²) < 4.78 is 112. The molecular weight excluding hydrogens is 323 g/mol. The van der Waals surface area contributed by atoms with Gasteiger partial charge in [-0.05, 0) is 6.42 Å². The summed E-state index contributed by atoms with van der Waals surface area (Å²) in [5.74, 6) is 0. The van der Waals surface area contributed by atoms with Crippen LogP contribution in [0.25, 0.3) is 0 Å². The second kappa shape index (κ2) is 6.18. The van der Waals surface area contributed by atoms with E-state index in [0.29, 0.717) is 6.42 Å². The molecule has 0 saturated carbocycles. The third kappa shape index (κ3) is 4.06. The summed E-state index contributed by atoms with van der Waals surface area (Å²) in [7, 11) is 0. The van der Waals surface area contributed by atoms with Crippen molar-refractivity contribution in [3.63, 3.8) is 0 Å². The quantitative estimate of drug-likeness (QED) is 0.600. The topological polar surface area (TPSA) is 41.1 Å². The lowest BCUT2D eigenvalue weighted by atomic mass is 9.97. The molecule has 0 rings (SSSR count). The lowest BCUT2D eigenvalue weighted by molar-refractivity contribution is -0.386. The summed E-state index contributed by atoms with van der Waals surface area (Å²) in [6.07, 6.45) is -19.9. The number of carbonyl (C=O) groups excluding carboxylic acids is 1. The van der Waals surface area contributed by atoms with Crippen LogP contribution in [-0.2, 0) is 0 Å². The van der Waals surface area contributed by atoms with Crippen molar-refractivity contribution < 1.29 is 44.3 Å². The van der Waals surface area contributed by atoms with E-state index in [9.17, 15) is 44.3 Å². The minimum atomic E-state index is -6.81. The number of hydrogen-bond acceptors (Lipinski definition) is 1. The van der Waals surface area contributed by atoms with Gasteiger partial charge in [-0.1, -0.05) is 13.3 Å². The minimum Gasteiger partial charge on any atom is -0.338 e. The highest BCUT2D eigenvalue weighted by Gasteiger charge is 2.84. The van der Waals surface area contributed by atoms with Crippen LogP contribution in [0.15, 0.2) is 0 Å². The Balaban J connectivity index is 5.58. The van der Waals surface area contributed by atoms with Gasteiger partial charge in [0.15, 0.2) is 0 Å². The zero-order chi connectivity index (χ0) is 17.1. The van der Waals surface area contributed by atoms with Gasteiger partial charge in [0.25, 0.3) is 0 Å². The van der Waals surface area contributed by atoms with E-state index >= 15 is 0 Å². The van der Waals surface area contributed by atoms with Gasteiger partial charge < -0.3 is 10.6 Å². The number of amides is 2. The molecule has 21 heavy (non-hydrogen) atoms. The van der Waals surface area contributed by atoms with Crippen LogP contribution in [0.1, 0.15) is 19.8 Å². The molecule has 126 valence electrons. The highest BCUT2D eigenvalue weighted by molar-refractivity contribution is 5.75. The number of carbonyl (C=O) groups is 1. The first-order valence-electron chi connectivity index (χ1n) is 5.47. The predicted octanol–water partition coefficient (Wildman–Crippen LogP) is 3.51. The van der Waals surface area contributed by atoms with Gasteiger partial charge in [0.2, 0.25) is 0 Å². The average molecular weight is 334 g/mol. The van der Waals surface area contributed by atoms with Crippen LogP contribution in [-0.4, -0.2) is 36.6 Å². The highest BCUT2D eigenvalue weighted by Crippen LogP contribution is 2.52. The number of nitrogens with one attached hydrogen (secondary N) is 2. The molecule has 0 spiro atoms. The van der Waals surface area contributed by atoms with Crippen LogP contribution in [0.2, 0.25) is 0 Å². The zero-order valence-electron chi connectivity index (χ0n) is 10.4. The van der Waals surface area contributed by atoms with E-state index in [1.165, 1.54) is 5.32 Å². The van der Waals surface area contributed by atoms with Gasteiger partial charge in [-0.2, -0.15) is 39.5 Å². The number of alkyl halides is 9. The Morgan fingerprint density at radius 2 is 1.24 bits per heavy atom. The van der Waals surface area contributed by atoms with E-state index in [1.807, 2.05) is 0 Å². The molecule has 0 atom stereocenters. The number of urea groups is 1. The van der Waals surface area contributed by atoms with Crippen molar-refractivity contribution in [2.75, 3.05) is 6.54 Å². The normalized spacial score (nSPS) is 14.0. The van der Waals surface area contributed by atoms with Crippen molar-refractivity contribution in [2.45, 2.75) is 43.8 Å². The Hall–Kier alpha value is -1.36. The minimum absolute atomic E-state index is 0.0158. The molecule has 0 aromatic rings. The molecule has 0 aliphatic heterocycles. The van der Waals surface area contributed by atoms with Crippen molar-refractivity contribution in [3.8, 4) is 0 Å². The van der Waals surface area contributed by atoms with Crippen LogP contribution in [0.4, 0.5) is 44.3 Å². The molecule has 0 unspecified atom stereocenters. The van der Waals surface area contributed by atoms with Gasteiger partial charge in [0.1, 0.15) is 0 Å². The SMILES string of the molecule is CCCCNC(=O)NC(C(F)(F)F)(C(F)(F)F)C(F)(F)F. The van der Waals surface area contributed by atoms with E-state index in [1.54, 1.807) is 6.92 Å². The Morgan fingerprint density at radius 1 is 0.857 bits per heavy atom. The van der Waals surface area contributed by atoms with Crippen molar-refractivity contribution in [1.29, 1.82) is 0 Å². The molecule has 0 heterocycles. The molecule has 0 aromatic heterocycles. The number of rotatable bonds is 4. The van der Waals surface area contributed by atoms with Gasteiger partial charge in [0, 0.05) is 6.54 Å². The zero-order valence-corrected chi connectivity index (χ0v) is 10.4. The molecule has 0 saturated heterocycles. The average Bonchev–Trinajstić information content (AvgIpc) is 2.20. The smallest absolute Gasteiger partial charge is 0.338 e. The summed E-state index contributed by atoms with van der Waals surface area (Å²) in [6, 6.07) is -2.21. The summed E-state index contributed by atoms with van der Waals surface area (Å²) in [5.41, 5.74) is -6.33. The van der Waals surface area contributed by atoms with Gasteiger partial charge in [-0.25, -0.2) is 4.79 Å². The third-order valence-electron chi connectivity index (χ3n) is 2.39. The molecule has 3 nitrogen and oxygen atoms in total. The molecule has 0 bridgehead atoms. The maximum absolute atomic E-state index is 12.4. The summed E-state index contributed by atoms with van der Waals surface area (Å²) in [5, 5.41) is 1.49. The second-order valence-corrected chi connectivity index (χ2v) is 3.98. The van der Waals surface area contributed by atoms with E-state index in [0.717, 1.165) is 0 Å². The fourth-order valence-corrected chi connectivity index (χ4v) is 1.29. The molecule has 0 aromatic carbocycles. The summed E-state index contributed by atoms with van der Waals surface area (Å²) in [6.45, 7) is 1.22. The standard InChI is InChI=1S/C9H11F9N2O/c1-2-3-4-19-5(21)20-6(7(10,11)12,8(13,14)15)9(16,17)18/h2-4H2,1H3,(H2,19,20,21). The molecular formula is C9H11F9N2O. The van der Waals surface area contributed by atoms with E-state index in [4.69, 9.17) is 0 Å². The van der Waals surface area contributed by atoms with E-state index in [-0.39, 0.29) is 18.3 Å². The largest absolute Gasteiger partial charge is 0.429 e. The Bertz CT molecular complexity index is 322. The first kappa shape index (κ1) is 19.6. The lowest BCUT2D eigenvalue weighted by Gasteiger charge is -2.38. The van der Waals surface area contributed by atoms with Gasteiger partial charge in [-0.3, -0.25) is 0 Å². The molecule has 2 amide bonds. The van der Waals surface area contributed by atoms with Gasteiger partial charge in [0.05, 0.1) is 0 Å². The van der Waals surface area contributed by atoms with Crippen LogP contribution >= 0.6 is 0 Å². The van der Waals surface area contributed by atoms with Crippen molar-refractivity contribution in [2.24, 2.45) is 0 Å².